The SMILES string of the molecule is Cc1ccc(C(=O)Nc2cc(-n3cnnc3)cc(C(F)(F)F)c2)cc1C#Cc1ccc(NC(=O)C2CC2)nc1. The lowest BCUT2D eigenvalue weighted by Gasteiger charge is -2.13. The number of benzene rings is 2. The highest BCUT2D eigenvalue weighted by molar-refractivity contribution is 6.04. The van der Waals surface area contributed by atoms with Gasteiger partial charge in [0.1, 0.15) is 18.5 Å². The van der Waals surface area contributed by atoms with Crippen LogP contribution in [0, 0.1) is 24.7 Å². The van der Waals surface area contributed by atoms with E-state index in [0.717, 1.165) is 30.5 Å². The van der Waals surface area contributed by atoms with Crippen molar-refractivity contribution in [2.45, 2.75) is 25.9 Å². The van der Waals surface area contributed by atoms with Gasteiger partial charge in [0, 0.05) is 34.5 Å². The number of hydrogen-bond acceptors (Lipinski definition) is 5. The Morgan fingerprint density at radius 3 is 2.41 bits per heavy atom. The van der Waals surface area contributed by atoms with Gasteiger partial charge in [0.25, 0.3) is 5.91 Å². The van der Waals surface area contributed by atoms with Crippen molar-refractivity contribution >= 4 is 23.3 Å². The average Bonchev–Trinajstić information content (AvgIpc) is 3.62. The summed E-state index contributed by atoms with van der Waals surface area (Å²) in [5.74, 6) is 5.89. The lowest BCUT2D eigenvalue weighted by Crippen LogP contribution is -2.14. The first-order chi connectivity index (χ1) is 18.7. The van der Waals surface area contributed by atoms with Crippen LogP contribution in [0.1, 0.15) is 45.5 Å². The van der Waals surface area contributed by atoms with Gasteiger partial charge in [-0.2, -0.15) is 13.2 Å². The molecular formula is C28H21F3N6O2. The molecule has 0 atom stereocenters. The van der Waals surface area contributed by atoms with Crippen LogP contribution in [0.2, 0.25) is 0 Å². The molecular weight excluding hydrogens is 509 g/mol. The molecule has 1 fully saturated rings. The van der Waals surface area contributed by atoms with Crippen LogP contribution in [0.4, 0.5) is 24.7 Å². The molecule has 1 aliphatic rings. The van der Waals surface area contributed by atoms with Gasteiger partial charge in [0.15, 0.2) is 0 Å². The van der Waals surface area contributed by atoms with E-state index < -0.39 is 17.6 Å². The molecule has 4 aromatic rings. The van der Waals surface area contributed by atoms with E-state index in [1.54, 1.807) is 36.5 Å². The van der Waals surface area contributed by atoms with Gasteiger partial charge in [0.2, 0.25) is 5.91 Å². The third kappa shape index (κ3) is 6.30. The summed E-state index contributed by atoms with van der Waals surface area (Å²) in [5.41, 5.74) is 1.41. The molecule has 1 saturated carbocycles. The number of carbonyl (C=O) groups is 2. The van der Waals surface area contributed by atoms with Crippen LogP contribution in [0.3, 0.4) is 0 Å². The normalized spacial score (nSPS) is 12.8. The van der Waals surface area contributed by atoms with Crippen molar-refractivity contribution < 1.29 is 22.8 Å². The minimum atomic E-state index is -4.62. The number of nitrogens with one attached hydrogen (secondary N) is 2. The molecule has 5 rings (SSSR count). The molecule has 11 heteroatoms. The molecule has 39 heavy (non-hydrogen) atoms. The molecule has 0 saturated heterocycles. The van der Waals surface area contributed by atoms with Crippen LogP contribution in [-0.2, 0) is 11.0 Å². The number of hydrogen-bond donors (Lipinski definition) is 2. The molecule has 2 aromatic carbocycles. The molecule has 196 valence electrons. The Hall–Kier alpha value is -4.98. The van der Waals surface area contributed by atoms with E-state index in [1.165, 1.54) is 23.3 Å². The highest BCUT2D eigenvalue weighted by Crippen LogP contribution is 2.33. The summed E-state index contributed by atoms with van der Waals surface area (Å²) in [6.45, 7) is 1.83. The molecule has 1 aliphatic carbocycles. The Bertz CT molecular complexity index is 1600. The molecule has 0 unspecified atom stereocenters. The minimum absolute atomic E-state index is 0.0351. The number of aromatic nitrogens is 4. The van der Waals surface area contributed by atoms with E-state index in [0.29, 0.717) is 16.9 Å². The van der Waals surface area contributed by atoms with Crippen molar-refractivity contribution in [2.75, 3.05) is 10.6 Å². The number of anilines is 2. The molecule has 0 radical (unpaired) electrons. The molecule has 0 spiro atoms. The number of nitrogens with zero attached hydrogens (tertiary/aromatic N) is 4. The topological polar surface area (TPSA) is 102 Å². The second-order valence-electron chi connectivity index (χ2n) is 9.06. The number of carbonyl (C=O) groups excluding carboxylic acids is 2. The van der Waals surface area contributed by atoms with Gasteiger partial charge in [0.05, 0.1) is 11.3 Å². The summed E-state index contributed by atoms with van der Waals surface area (Å²) in [6.07, 6.45) is 1.25. The molecule has 2 aromatic heterocycles. The van der Waals surface area contributed by atoms with Crippen LogP contribution in [0.25, 0.3) is 5.69 Å². The van der Waals surface area contributed by atoms with E-state index in [2.05, 4.69) is 37.7 Å². The second-order valence-corrected chi connectivity index (χ2v) is 9.06. The summed E-state index contributed by atoms with van der Waals surface area (Å²) in [5, 5.41) is 12.5. The van der Waals surface area contributed by atoms with Crippen molar-refractivity contribution in [1.29, 1.82) is 0 Å². The molecule has 8 nitrogen and oxygen atoms in total. The Balaban J connectivity index is 1.34. The zero-order valence-electron chi connectivity index (χ0n) is 20.6. The standard InChI is InChI=1S/C28H21F3N6O2/c1-17-2-5-21(10-20(17)6-3-18-4-9-25(32-14-18)36-26(38)19-7-8-19)27(39)35-23-11-22(28(29,30)31)12-24(13-23)37-15-33-34-16-37/h2,4-5,9-16,19H,7-8H2,1H3,(H,35,39)(H,32,36,38). The smallest absolute Gasteiger partial charge is 0.322 e. The molecule has 2 heterocycles. The zero-order valence-corrected chi connectivity index (χ0v) is 20.6. The van der Waals surface area contributed by atoms with Crippen LogP contribution in [0.5, 0.6) is 0 Å². The number of aryl methyl sites for hydroxylation is 1. The van der Waals surface area contributed by atoms with E-state index in [9.17, 15) is 22.8 Å². The largest absolute Gasteiger partial charge is 0.416 e. The average molecular weight is 531 g/mol. The van der Waals surface area contributed by atoms with Crippen LogP contribution >= 0.6 is 0 Å². The van der Waals surface area contributed by atoms with Crippen LogP contribution in [-0.4, -0.2) is 31.6 Å². The van der Waals surface area contributed by atoms with Crippen molar-refractivity contribution in [3.63, 3.8) is 0 Å². The molecule has 2 N–H and O–H groups in total. The van der Waals surface area contributed by atoms with Crippen molar-refractivity contribution in [2.24, 2.45) is 5.92 Å². The maximum absolute atomic E-state index is 13.5. The van der Waals surface area contributed by atoms with Crippen LogP contribution in [0.15, 0.2) is 67.4 Å². The van der Waals surface area contributed by atoms with Crippen molar-refractivity contribution in [1.82, 2.24) is 19.7 Å². The Kier molecular flexibility index (Phi) is 6.85. The third-order valence-corrected chi connectivity index (χ3v) is 6.02. The molecule has 2 amide bonds. The van der Waals surface area contributed by atoms with Crippen LogP contribution < -0.4 is 10.6 Å². The molecule has 0 bridgehead atoms. The van der Waals surface area contributed by atoms with Gasteiger partial charge in [-0.1, -0.05) is 17.9 Å². The van der Waals surface area contributed by atoms with E-state index in [-0.39, 0.29) is 28.8 Å². The van der Waals surface area contributed by atoms with E-state index in [4.69, 9.17) is 0 Å². The predicted molar refractivity (Wildman–Crippen MR) is 137 cm³/mol. The van der Waals surface area contributed by atoms with E-state index >= 15 is 0 Å². The number of halogens is 3. The second kappa shape index (κ2) is 10.4. The number of alkyl halides is 3. The van der Waals surface area contributed by atoms with Crippen molar-refractivity contribution in [3.05, 3.63) is 95.2 Å². The van der Waals surface area contributed by atoms with E-state index in [1.807, 2.05) is 6.92 Å². The summed E-state index contributed by atoms with van der Waals surface area (Å²) >= 11 is 0. The fourth-order valence-corrected chi connectivity index (χ4v) is 3.69. The maximum atomic E-state index is 13.5. The molecule has 0 aliphatic heterocycles. The van der Waals surface area contributed by atoms with Gasteiger partial charge in [-0.05, 0) is 67.8 Å². The predicted octanol–water partition coefficient (Wildman–Crippen LogP) is 4.99. The van der Waals surface area contributed by atoms with Gasteiger partial charge in [-0.3, -0.25) is 14.2 Å². The summed E-state index contributed by atoms with van der Waals surface area (Å²) in [4.78, 5) is 29.1. The van der Waals surface area contributed by atoms with Gasteiger partial charge in [-0.25, -0.2) is 4.98 Å². The Morgan fingerprint density at radius 1 is 0.974 bits per heavy atom. The highest BCUT2D eigenvalue weighted by Gasteiger charge is 2.32. The first-order valence-electron chi connectivity index (χ1n) is 11.9. The Morgan fingerprint density at radius 2 is 1.74 bits per heavy atom. The summed E-state index contributed by atoms with van der Waals surface area (Å²) in [6, 6.07) is 11.5. The number of pyridine rings is 1. The fourth-order valence-electron chi connectivity index (χ4n) is 3.69. The van der Waals surface area contributed by atoms with Crippen molar-refractivity contribution in [3.8, 4) is 17.5 Å². The Labute approximate surface area is 221 Å². The first kappa shape index (κ1) is 25.7. The van der Waals surface area contributed by atoms with Gasteiger partial charge in [-0.15, -0.1) is 10.2 Å². The lowest BCUT2D eigenvalue weighted by atomic mass is 10.0. The lowest BCUT2D eigenvalue weighted by molar-refractivity contribution is -0.137. The summed E-state index contributed by atoms with van der Waals surface area (Å²) < 4.78 is 41.8. The number of amides is 2. The fraction of sp³-hybridized carbons (Fsp3) is 0.179. The monoisotopic (exact) mass is 530 g/mol. The highest BCUT2D eigenvalue weighted by atomic mass is 19.4. The number of rotatable bonds is 5. The maximum Gasteiger partial charge on any atom is 0.416 e. The zero-order chi connectivity index (χ0) is 27.6. The quantitative estimate of drug-likeness (QED) is 0.354. The van der Waals surface area contributed by atoms with Gasteiger partial charge < -0.3 is 10.6 Å². The summed E-state index contributed by atoms with van der Waals surface area (Å²) in [7, 11) is 0. The van der Waals surface area contributed by atoms with Gasteiger partial charge >= 0.3 is 6.18 Å². The minimum Gasteiger partial charge on any atom is -0.322 e. The first-order valence-corrected chi connectivity index (χ1v) is 11.9. The third-order valence-electron chi connectivity index (χ3n) is 6.02.